The van der Waals surface area contributed by atoms with Crippen LogP contribution in [0.3, 0.4) is 0 Å². The van der Waals surface area contributed by atoms with Crippen LogP contribution >= 0.6 is 11.6 Å². The lowest BCUT2D eigenvalue weighted by Crippen LogP contribution is -2.04. The van der Waals surface area contributed by atoms with E-state index < -0.39 is 0 Å². The smallest absolute Gasteiger partial charge is 0.129 e. The summed E-state index contributed by atoms with van der Waals surface area (Å²) >= 11 is 6.12. The van der Waals surface area contributed by atoms with E-state index in [1.54, 1.807) is 0 Å². The van der Waals surface area contributed by atoms with Crippen LogP contribution in [0, 0.1) is 6.92 Å². The van der Waals surface area contributed by atoms with Gasteiger partial charge in [-0.1, -0.05) is 17.7 Å². The molecule has 0 saturated carbocycles. The van der Waals surface area contributed by atoms with Gasteiger partial charge in [0.2, 0.25) is 0 Å². The minimum atomic E-state index is 0.663. The Balaban J connectivity index is 2.51. The van der Waals surface area contributed by atoms with Crippen molar-refractivity contribution in [3.63, 3.8) is 0 Å². The number of aromatic nitrogens is 2. The van der Waals surface area contributed by atoms with E-state index in [-0.39, 0.29) is 0 Å². The molecular formula is C12H14ClN3. The standard InChI is InChI=1S/C12H14ClN3/c1-8-12-9(13)4-2-5-10(12)16-11(15-8)6-3-7-14/h2,4-5H,3,6-7,14H2,1H3. The van der Waals surface area contributed by atoms with Gasteiger partial charge in [-0.25, -0.2) is 9.97 Å². The maximum absolute atomic E-state index is 6.12. The molecule has 3 nitrogen and oxygen atoms in total. The van der Waals surface area contributed by atoms with Gasteiger partial charge in [0.15, 0.2) is 0 Å². The Hall–Kier alpha value is -1.19. The number of nitrogens with two attached hydrogens (primary N) is 1. The third-order valence-corrected chi connectivity index (χ3v) is 2.82. The molecule has 2 N–H and O–H groups in total. The highest BCUT2D eigenvalue weighted by Gasteiger charge is 2.06. The van der Waals surface area contributed by atoms with Crippen LogP contribution in [0.25, 0.3) is 10.9 Å². The van der Waals surface area contributed by atoms with Gasteiger partial charge in [0.05, 0.1) is 16.2 Å². The molecule has 0 unspecified atom stereocenters. The molecule has 0 atom stereocenters. The van der Waals surface area contributed by atoms with Gasteiger partial charge in [0, 0.05) is 11.8 Å². The highest BCUT2D eigenvalue weighted by atomic mass is 35.5. The van der Waals surface area contributed by atoms with Crippen molar-refractivity contribution in [2.75, 3.05) is 6.54 Å². The van der Waals surface area contributed by atoms with Gasteiger partial charge in [0.25, 0.3) is 0 Å². The van der Waals surface area contributed by atoms with Crippen molar-refractivity contribution in [1.29, 1.82) is 0 Å². The molecule has 0 aliphatic heterocycles. The molecule has 0 radical (unpaired) electrons. The maximum Gasteiger partial charge on any atom is 0.129 e. The first-order valence-corrected chi connectivity index (χ1v) is 5.72. The Kier molecular flexibility index (Phi) is 3.36. The van der Waals surface area contributed by atoms with E-state index in [9.17, 15) is 0 Å². The zero-order valence-electron chi connectivity index (χ0n) is 9.20. The molecule has 1 aromatic heterocycles. The van der Waals surface area contributed by atoms with E-state index in [0.717, 1.165) is 35.3 Å². The third kappa shape index (κ3) is 2.15. The zero-order valence-corrected chi connectivity index (χ0v) is 9.96. The second-order valence-corrected chi connectivity index (χ2v) is 4.16. The first-order valence-electron chi connectivity index (χ1n) is 5.34. The fourth-order valence-electron chi connectivity index (χ4n) is 1.75. The Morgan fingerprint density at radius 2 is 2.12 bits per heavy atom. The summed E-state index contributed by atoms with van der Waals surface area (Å²) in [5.74, 6) is 0.845. The van der Waals surface area contributed by atoms with Crippen molar-refractivity contribution in [1.82, 2.24) is 9.97 Å². The number of aryl methyl sites for hydroxylation is 2. The van der Waals surface area contributed by atoms with Crippen LogP contribution < -0.4 is 5.73 Å². The van der Waals surface area contributed by atoms with Crippen LogP contribution in [-0.4, -0.2) is 16.5 Å². The molecule has 16 heavy (non-hydrogen) atoms. The molecule has 0 aliphatic rings. The normalized spacial score (nSPS) is 10.9. The number of benzene rings is 1. The zero-order chi connectivity index (χ0) is 11.5. The summed E-state index contributed by atoms with van der Waals surface area (Å²) in [6, 6.07) is 5.73. The maximum atomic E-state index is 6.12. The summed E-state index contributed by atoms with van der Waals surface area (Å²) < 4.78 is 0. The second-order valence-electron chi connectivity index (χ2n) is 3.75. The lowest BCUT2D eigenvalue weighted by Gasteiger charge is -2.06. The van der Waals surface area contributed by atoms with E-state index >= 15 is 0 Å². The summed E-state index contributed by atoms with van der Waals surface area (Å²) in [5, 5.41) is 1.65. The predicted octanol–water partition coefficient (Wildman–Crippen LogP) is 2.48. The molecule has 0 fully saturated rings. The van der Waals surface area contributed by atoms with Gasteiger partial charge >= 0.3 is 0 Å². The Morgan fingerprint density at radius 1 is 1.31 bits per heavy atom. The van der Waals surface area contributed by atoms with Crippen molar-refractivity contribution in [3.05, 3.63) is 34.7 Å². The van der Waals surface area contributed by atoms with Gasteiger partial charge in [0.1, 0.15) is 5.82 Å². The van der Waals surface area contributed by atoms with Gasteiger partial charge in [-0.3, -0.25) is 0 Å². The lowest BCUT2D eigenvalue weighted by atomic mass is 10.2. The number of hydrogen-bond acceptors (Lipinski definition) is 3. The summed E-state index contributed by atoms with van der Waals surface area (Å²) in [5.41, 5.74) is 7.32. The summed E-state index contributed by atoms with van der Waals surface area (Å²) in [7, 11) is 0. The molecular weight excluding hydrogens is 222 g/mol. The first-order chi connectivity index (χ1) is 7.72. The van der Waals surface area contributed by atoms with Crippen molar-refractivity contribution in [2.24, 2.45) is 5.73 Å². The summed E-state index contributed by atoms with van der Waals surface area (Å²) in [6.07, 6.45) is 1.73. The highest BCUT2D eigenvalue weighted by molar-refractivity contribution is 6.35. The van der Waals surface area contributed by atoms with E-state index in [0.29, 0.717) is 11.6 Å². The number of nitrogens with zero attached hydrogens (tertiary/aromatic N) is 2. The van der Waals surface area contributed by atoms with Gasteiger partial charge in [-0.2, -0.15) is 0 Å². The number of fused-ring (bicyclic) bond motifs is 1. The minimum absolute atomic E-state index is 0.663. The molecule has 0 spiro atoms. The van der Waals surface area contributed by atoms with E-state index in [1.165, 1.54) is 0 Å². The predicted molar refractivity (Wildman–Crippen MR) is 66.7 cm³/mol. The first kappa shape index (κ1) is 11.3. The summed E-state index contributed by atoms with van der Waals surface area (Å²) in [4.78, 5) is 8.93. The van der Waals surface area contributed by atoms with Gasteiger partial charge in [-0.15, -0.1) is 0 Å². The number of rotatable bonds is 3. The topological polar surface area (TPSA) is 51.8 Å². The molecule has 84 valence electrons. The minimum Gasteiger partial charge on any atom is -0.330 e. The van der Waals surface area contributed by atoms with Crippen molar-refractivity contribution in [3.8, 4) is 0 Å². The fraction of sp³-hybridized carbons (Fsp3) is 0.333. The largest absolute Gasteiger partial charge is 0.330 e. The molecule has 1 heterocycles. The third-order valence-electron chi connectivity index (χ3n) is 2.50. The Morgan fingerprint density at radius 3 is 2.88 bits per heavy atom. The molecule has 1 aromatic carbocycles. The van der Waals surface area contributed by atoms with Crippen LogP contribution in [0.1, 0.15) is 17.9 Å². The quantitative estimate of drug-likeness (QED) is 0.889. The van der Waals surface area contributed by atoms with Crippen molar-refractivity contribution >= 4 is 22.5 Å². The molecule has 2 rings (SSSR count). The number of halogens is 1. The molecule has 2 aromatic rings. The monoisotopic (exact) mass is 235 g/mol. The van der Waals surface area contributed by atoms with Crippen LogP contribution in [0.2, 0.25) is 5.02 Å². The van der Waals surface area contributed by atoms with Gasteiger partial charge < -0.3 is 5.73 Å². The Labute approximate surface area is 99.7 Å². The van der Waals surface area contributed by atoms with Gasteiger partial charge in [-0.05, 0) is 32.0 Å². The van der Waals surface area contributed by atoms with E-state index in [4.69, 9.17) is 17.3 Å². The SMILES string of the molecule is Cc1nc(CCCN)nc2cccc(Cl)c12. The molecule has 0 aliphatic carbocycles. The van der Waals surface area contributed by atoms with Crippen LogP contribution in [0.4, 0.5) is 0 Å². The second kappa shape index (κ2) is 4.76. The van der Waals surface area contributed by atoms with Crippen LogP contribution in [-0.2, 0) is 6.42 Å². The molecule has 0 saturated heterocycles. The summed E-state index contributed by atoms with van der Waals surface area (Å²) in [6.45, 7) is 2.62. The average molecular weight is 236 g/mol. The fourth-order valence-corrected chi connectivity index (χ4v) is 2.06. The van der Waals surface area contributed by atoms with E-state index in [1.807, 2.05) is 25.1 Å². The molecule has 0 bridgehead atoms. The molecule has 4 heteroatoms. The Bertz CT molecular complexity index is 511. The highest BCUT2D eigenvalue weighted by Crippen LogP contribution is 2.24. The van der Waals surface area contributed by atoms with Crippen LogP contribution in [0.5, 0.6) is 0 Å². The van der Waals surface area contributed by atoms with E-state index in [2.05, 4.69) is 9.97 Å². The van der Waals surface area contributed by atoms with Crippen molar-refractivity contribution < 1.29 is 0 Å². The molecule has 0 amide bonds. The van der Waals surface area contributed by atoms with Crippen molar-refractivity contribution in [2.45, 2.75) is 19.8 Å². The average Bonchev–Trinajstić information content (AvgIpc) is 2.26. The van der Waals surface area contributed by atoms with Crippen LogP contribution in [0.15, 0.2) is 18.2 Å². The lowest BCUT2D eigenvalue weighted by molar-refractivity contribution is 0.782. The number of hydrogen-bond donors (Lipinski definition) is 1.